The van der Waals surface area contributed by atoms with Crippen molar-refractivity contribution in [1.29, 1.82) is 0 Å². The highest BCUT2D eigenvalue weighted by atomic mass is 32.2. The number of benzene rings is 1. The molecule has 5 aromatic rings. The molecule has 0 aliphatic rings. The Morgan fingerprint density at radius 1 is 1.11 bits per heavy atom. The number of nitrogens with zero attached hydrogens (tertiary/aromatic N) is 6. The summed E-state index contributed by atoms with van der Waals surface area (Å²) >= 11 is 1.28. The van der Waals surface area contributed by atoms with Gasteiger partial charge in [0.2, 0.25) is 5.91 Å². The summed E-state index contributed by atoms with van der Waals surface area (Å²) in [4.78, 5) is 22.1. The minimum absolute atomic E-state index is 0.145. The third-order valence-corrected chi connectivity index (χ3v) is 6.74. The number of ether oxygens (including phenoxy) is 2. The number of carbonyl (C=O) groups is 1. The van der Waals surface area contributed by atoms with Crippen LogP contribution in [0.25, 0.3) is 16.6 Å². The largest absolute Gasteiger partial charge is 0.493 e. The maximum Gasteiger partial charge on any atom is 0.230 e. The van der Waals surface area contributed by atoms with Gasteiger partial charge in [0.05, 0.1) is 44.0 Å². The van der Waals surface area contributed by atoms with E-state index >= 15 is 0 Å². The molecule has 0 spiro atoms. The number of furan rings is 1. The third kappa shape index (κ3) is 5.24. The number of aromatic nitrogens is 6. The van der Waals surface area contributed by atoms with Crippen molar-refractivity contribution in [1.82, 2.24) is 34.7 Å². The molecule has 37 heavy (non-hydrogen) atoms. The van der Waals surface area contributed by atoms with Gasteiger partial charge in [-0.15, -0.1) is 5.10 Å². The number of methoxy groups -OCH3 is 2. The maximum atomic E-state index is 12.5. The van der Waals surface area contributed by atoms with Crippen LogP contribution < -0.4 is 14.8 Å². The quantitative estimate of drug-likeness (QED) is 0.218. The van der Waals surface area contributed by atoms with Gasteiger partial charge in [0.15, 0.2) is 28.1 Å². The van der Waals surface area contributed by atoms with Crippen LogP contribution in [0.2, 0.25) is 0 Å². The van der Waals surface area contributed by atoms with Crippen LogP contribution in [0.1, 0.15) is 23.0 Å². The zero-order valence-corrected chi connectivity index (χ0v) is 21.8. The van der Waals surface area contributed by atoms with E-state index in [2.05, 4.69) is 10.4 Å². The van der Waals surface area contributed by atoms with Crippen LogP contribution in [-0.2, 0) is 24.3 Å². The van der Waals surface area contributed by atoms with Crippen molar-refractivity contribution in [2.24, 2.45) is 0 Å². The van der Waals surface area contributed by atoms with Crippen LogP contribution in [0.5, 0.6) is 11.5 Å². The van der Waals surface area contributed by atoms with E-state index in [0.717, 1.165) is 16.8 Å². The summed E-state index contributed by atoms with van der Waals surface area (Å²) in [5.74, 6) is 2.48. The van der Waals surface area contributed by atoms with Crippen LogP contribution >= 0.6 is 11.8 Å². The summed E-state index contributed by atoms with van der Waals surface area (Å²) in [5, 5.41) is 13.4. The molecule has 192 valence electrons. The topological polar surface area (TPSA) is 122 Å². The van der Waals surface area contributed by atoms with E-state index in [0.29, 0.717) is 58.9 Å². The first-order valence-corrected chi connectivity index (χ1v) is 12.7. The fourth-order valence-corrected chi connectivity index (χ4v) is 4.81. The monoisotopic (exact) mass is 521 g/mol. The SMILES string of the molecule is COc1cc2nc(SCC(=O)NCc3ccco3)n3nc(CCn4nc(C)cc4C)nc3c2cc1OC. The molecule has 0 aliphatic carbocycles. The van der Waals surface area contributed by atoms with Crippen LogP contribution in [-0.4, -0.2) is 55.2 Å². The minimum atomic E-state index is -0.145. The van der Waals surface area contributed by atoms with Gasteiger partial charge >= 0.3 is 0 Å². The average Bonchev–Trinajstić information content (AvgIpc) is 3.64. The molecule has 12 heteroatoms. The highest BCUT2D eigenvalue weighted by Gasteiger charge is 2.18. The van der Waals surface area contributed by atoms with Crippen molar-refractivity contribution < 1.29 is 18.7 Å². The van der Waals surface area contributed by atoms with Crippen molar-refractivity contribution >= 4 is 34.2 Å². The van der Waals surface area contributed by atoms with Crippen LogP contribution in [0.15, 0.2) is 46.2 Å². The fraction of sp³-hybridized carbons (Fsp3) is 0.320. The summed E-state index contributed by atoms with van der Waals surface area (Å²) < 4.78 is 19.9. The van der Waals surface area contributed by atoms with Gasteiger partial charge in [0.25, 0.3) is 0 Å². The normalized spacial score (nSPS) is 11.4. The van der Waals surface area contributed by atoms with Gasteiger partial charge in [-0.25, -0.2) is 9.97 Å². The first-order chi connectivity index (χ1) is 17.9. The summed E-state index contributed by atoms with van der Waals surface area (Å²) in [5.41, 5.74) is 3.36. The number of fused-ring (bicyclic) bond motifs is 3. The number of rotatable bonds is 10. The van der Waals surface area contributed by atoms with Crippen molar-refractivity contribution in [3.05, 3.63) is 59.6 Å². The Hall–Kier alpha value is -4.06. The Bertz CT molecular complexity index is 1560. The number of amides is 1. The molecular weight excluding hydrogens is 494 g/mol. The van der Waals surface area contributed by atoms with E-state index in [1.165, 1.54) is 11.8 Å². The number of aryl methyl sites for hydroxylation is 4. The summed E-state index contributed by atoms with van der Waals surface area (Å²) in [6, 6.07) is 9.29. The maximum absolute atomic E-state index is 12.5. The molecule has 4 aromatic heterocycles. The van der Waals surface area contributed by atoms with E-state index in [4.69, 9.17) is 29.0 Å². The second-order valence-corrected chi connectivity index (χ2v) is 9.37. The Morgan fingerprint density at radius 2 is 1.92 bits per heavy atom. The van der Waals surface area contributed by atoms with E-state index in [1.54, 1.807) is 37.1 Å². The summed E-state index contributed by atoms with van der Waals surface area (Å²) in [6.07, 6.45) is 2.17. The highest BCUT2D eigenvalue weighted by molar-refractivity contribution is 7.99. The molecule has 11 nitrogen and oxygen atoms in total. The Labute approximate surface area is 217 Å². The molecule has 1 N–H and O–H groups in total. The lowest BCUT2D eigenvalue weighted by Crippen LogP contribution is -2.24. The van der Waals surface area contributed by atoms with Crippen molar-refractivity contribution in [3.8, 4) is 11.5 Å². The van der Waals surface area contributed by atoms with Crippen molar-refractivity contribution in [2.45, 2.75) is 38.5 Å². The van der Waals surface area contributed by atoms with E-state index in [-0.39, 0.29) is 11.7 Å². The minimum Gasteiger partial charge on any atom is -0.493 e. The number of hydrogen-bond acceptors (Lipinski definition) is 9. The van der Waals surface area contributed by atoms with Gasteiger partial charge < -0.3 is 19.2 Å². The van der Waals surface area contributed by atoms with Crippen molar-refractivity contribution in [3.63, 3.8) is 0 Å². The van der Waals surface area contributed by atoms with Gasteiger partial charge in [-0.2, -0.15) is 9.61 Å². The standard InChI is InChI=1S/C25H27N7O4S/c1-15-10-16(2)31(29-15)8-7-22-28-24-18-11-20(34-3)21(35-4)12-19(18)27-25(32(24)30-22)37-14-23(33)26-13-17-6-5-9-36-17/h5-6,9-12H,7-8,13-14H2,1-4H3,(H,26,33). The average molecular weight is 522 g/mol. The Kier molecular flexibility index (Phi) is 6.99. The van der Waals surface area contributed by atoms with E-state index in [9.17, 15) is 4.79 Å². The fourth-order valence-electron chi connectivity index (χ4n) is 4.04. The molecule has 0 saturated carbocycles. The molecule has 0 bridgehead atoms. The second kappa shape index (κ2) is 10.5. The number of carbonyl (C=O) groups excluding carboxylic acids is 1. The first-order valence-electron chi connectivity index (χ1n) is 11.7. The van der Waals surface area contributed by atoms with E-state index in [1.807, 2.05) is 36.7 Å². The molecule has 0 unspecified atom stereocenters. The number of thioether (sulfide) groups is 1. The lowest BCUT2D eigenvalue weighted by molar-refractivity contribution is -0.118. The van der Waals surface area contributed by atoms with Gasteiger partial charge in [0, 0.05) is 30.1 Å². The molecule has 5 rings (SSSR count). The predicted molar refractivity (Wildman–Crippen MR) is 138 cm³/mol. The first kappa shape index (κ1) is 24.6. The van der Waals surface area contributed by atoms with Crippen LogP contribution in [0.4, 0.5) is 0 Å². The van der Waals surface area contributed by atoms with Gasteiger partial charge in [-0.05, 0) is 38.1 Å². The van der Waals surface area contributed by atoms with Crippen molar-refractivity contribution in [2.75, 3.05) is 20.0 Å². The molecular formula is C25H27N7O4S. The van der Waals surface area contributed by atoms with Gasteiger partial charge in [-0.1, -0.05) is 11.8 Å². The number of hydrogen-bond donors (Lipinski definition) is 1. The zero-order chi connectivity index (χ0) is 25.9. The molecule has 0 radical (unpaired) electrons. The molecule has 0 fully saturated rings. The third-order valence-electron chi connectivity index (χ3n) is 5.81. The smallest absolute Gasteiger partial charge is 0.230 e. The number of nitrogens with one attached hydrogen (secondary N) is 1. The molecule has 0 atom stereocenters. The lowest BCUT2D eigenvalue weighted by atomic mass is 10.2. The van der Waals surface area contributed by atoms with Gasteiger partial charge in [0.1, 0.15) is 5.76 Å². The molecule has 0 saturated heterocycles. The summed E-state index contributed by atoms with van der Waals surface area (Å²) in [7, 11) is 3.17. The zero-order valence-electron chi connectivity index (χ0n) is 21.0. The Morgan fingerprint density at radius 3 is 2.62 bits per heavy atom. The Balaban J connectivity index is 1.46. The predicted octanol–water partition coefficient (Wildman–Crippen LogP) is 3.35. The molecule has 1 aromatic carbocycles. The lowest BCUT2D eigenvalue weighted by Gasteiger charge is -2.11. The molecule has 0 aliphatic heterocycles. The van der Waals surface area contributed by atoms with Gasteiger partial charge in [-0.3, -0.25) is 9.48 Å². The molecule has 4 heterocycles. The van der Waals surface area contributed by atoms with Crippen LogP contribution in [0.3, 0.4) is 0 Å². The second-order valence-electron chi connectivity index (χ2n) is 8.43. The van der Waals surface area contributed by atoms with E-state index < -0.39 is 0 Å². The van der Waals surface area contributed by atoms with Crippen LogP contribution in [0, 0.1) is 13.8 Å². The highest BCUT2D eigenvalue weighted by Crippen LogP contribution is 2.34. The summed E-state index contributed by atoms with van der Waals surface area (Å²) in [6.45, 7) is 4.97. The molecule has 1 amide bonds.